The second-order valence-electron chi connectivity index (χ2n) is 4.55. The number of ether oxygens (including phenoxy) is 1. The number of amides is 1. The lowest BCUT2D eigenvalue weighted by Gasteiger charge is -2.26. The molecule has 1 aromatic rings. The summed E-state index contributed by atoms with van der Waals surface area (Å²) in [5.41, 5.74) is 1.22. The van der Waals surface area contributed by atoms with E-state index in [9.17, 15) is 4.79 Å². The van der Waals surface area contributed by atoms with Crippen LogP contribution in [0.4, 0.5) is 0 Å². The number of nitrogens with zero attached hydrogens (tertiary/aromatic N) is 1. The molecule has 0 unspecified atom stereocenters. The van der Waals surface area contributed by atoms with E-state index >= 15 is 0 Å². The summed E-state index contributed by atoms with van der Waals surface area (Å²) >= 11 is 5.82. The van der Waals surface area contributed by atoms with Gasteiger partial charge in [-0.2, -0.15) is 0 Å². The Morgan fingerprint density at radius 1 is 1.26 bits per heavy atom. The van der Waals surface area contributed by atoms with Gasteiger partial charge in [0.2, 0.25) is 5.91 Å². The summed E-state index contributed by atoms with van der Waals surface area (Å²) < 4.78 is 5.22. The van der Waals surface area contributed by atoms with Crippen LogP contribution in [0.5, 0.6) is 0 Å². The zero-order valence-electron chi connectivity index (χ0n) is 10.9. The second-order valence-corrected chi connectivity index (χ2v) is 4.98. The SMILES string of the molecule is O=C(CNCCc1ccc(Cl)cc1)N1CCOCC1. The molecule has 0 spiro atoms. The number of benzene rings is 1. The third-order valence-electron chi connectivity index (χ3n) is 3.14. The number of halogens is 1. The van der Waals surface area contributed by atoms with Crippen molar-refractivity contribution in [1.82, 2.24) is 10.2 Å². The van der Waals surface area contributed by atoms with Crippen LogP contribution in [0.2, 0.25) is 5.02 Å². The minimum Gasteiger partial charge on any atom is -0.378 e. The number of carbonyl (C=O) groups is 1. The first kappa shape index (κ1) is 14.3. The molecular weight excluding hydrogens is 264 g/mol. The summed E-state index contributed by atoms with van der Waals surface area (Å²) in [6.45, 7) is 3.90. The van der Waals surface area contributed by atoms with E-state index in [2.05, 4.69) is 5.32 Å². The molecular formula is C14H19ClN2O2. The number of carbonyl (C=O) groups excluding carboxylic acids is 1. The Bertz CT molecular complexity index is 402. The summed E-state index contributed by atoms with van der Waals surface area (Å²) in [7, 11) is 0. The molecule has 5 heteroatoms. The number of hydrogen-bond acceptors (Lipinski definition) is 3. The zero-order valence-corrected chi connectivity index (χ0v) is 11.7. The summed E-state index contributed by atoms with van der Waals surface area (Å²) in [5.74, 6) is 0.152. The van der Waals surface area contributed by atoms with E-state index in [1.807, 2.05) is 29.2 Å². The van der Waals surface area contributed by atoms with E-state index < -0.39 is 0 Å². The summed E-state index contributed by atoms with van der Waals surface area (Å²) in [4.78, 5) is 13.7. The van der Waals surface area contributed by atoms with E-state index in [-0.39, 0.29) is 5.91 Å². The Balaban J connectivity index is 1.63. The first-order valence-corrected chi connectivity index (χ1v) is 6.94. The molecule has 1 aromatic carbocycles. The summed E-state index contributed by atoms with van der Waals surface area (Å²) in [6.07, 6.45) is 0.896. The normalized spacial score (nSPS) is 15.5. The maximum atomic E-state index is 11.8. The Hall–Kier alpha value is -1.10. The lowest BCUT2D eigenvalue weighted by Crippen LogP contribution is -2.44. The van der Waals surface area contributed by atoms with Crippen LogP contribution in [-0.2, 0) is 16.0 Å². The first-order chi connectivity index (χ1) is 9.25. The molecule has 0 radical (unpaired) electrons. The van der Waals surface area contributed by atoms with Gasteiger partial charge in [0, 0.05) is 18.1 Å². The van der Waals surface area contributed by atoms with Crippen LogP contribution in [0.25, 0.3) is 0 Å². The minimum absolute atomic E-state index is 0.152. The largest absolute Gasteiger partial charge is 0.378 e. The van der Waals surface area contributed by atoms with Gasteiger partial charge in [-0.25, -0.2) is 0 Å². The van der Waals surface area contributed by atoms with Crippen LogP contribution in [0.1, 0.15) is 5.56 Å². The molecule has 1 aliphatic heterocycles. The molecule has 1 fully saturated rings. The van der Waals surface area contributed by atoms with Crippen molar-refractivity contribution in [2.24, 2.45) is 0 Å². The molecule has 1 amide bonds. The molecule has 1 saturated heterocycles. The van der Waals surface area contributed by atoms with Gasteiger partial charge in [-0.15, -0.1) is 0 Å². The van der Waals surface area contributed by atoms with E-state index in [1.165, 1.54) is 5.56 Å². The summed E-state index contributed by atoms with van der Waals surface area (Å²) in [6, 6.07) is 7.78. The number of nitrogens with one attached hydrogen (secondary N) is 1. The molecule has 1 N–H and O–H groups in total. The third kappa shape index (κ3) is 4.82. The van der Waals surface area contributed by atoms with E-state index in [4.69, 9.17) is 16.3 Å². The maximum absolute atomic E-state index is 11.8. The summed E-state index contributed by atoms with van der Waals surface area (Å²) in [5, 5.41) is 3.93. The van der Waals surface area contributed by atoms with E-state index in [1.54, 1.807) is 0 Å². The van der Waals surface area contributed by atoms with Crippen molar-refractivity contribution in [3.8, 4) is 0 Å². The maximum Gasteiger partial charge on any atom is 0.236 e. The standard InChI is InChI=1S/C14H19ClN2O2/c15-13-3-1-12(2-4-13)5-6-16-11-14(18)17-7-9-19-10-8-17/h1-4,16H,5-11H2. The van der Waals surface area contributed by atoms with Crippen molar-refractivity contribution < 1.29 is 9.53 Å². The van der Waals surface area contributed by atoms with E-state index in [0.29, 0.717) is 32.8 Å². The van der Waals surface area contributed by atoms with Crippen molar-refractivity contribution in [3.63, 3.8) is 0 Å². The van der Waals surface area contributed by atoms with Gasteiger partial charge in [0.1, 0.15) is 0 Å². The van der Waals surface area contributed by atoms with Gasteiger partial charge < -0.3 is 15.0 Å². The van der Waals surface area contributed by atoms with Crippen LogP contribution < -0.4 is 5.32 Å². The van der Waals surface area contributed by atoms with Crippen molar-refractivity contribution in [2.75, 3.05) is 39.4 Å². The molecule has 4 nitrogen and oxygen atoms in total. The Labute approximate surface area is 118 Å². The van der Waals surface area contributed by atoms with Crippen molar-refractivity contribution in [2.45, 2.75) is 6.42 Å². The molecule has 0 aliphatic carbocycles. The van der Waals surface area contributed by atoms with Gasteiger partial charge in [0.05, 0.1) is 19.8 Å². The fourth-order valence-corrected chi connectivity index (χ4v) is 2.13. The van der Waals surface area contributed by atoms with Crippen molar-refractivity contribution >= 4 is 17.5 Å². The number of hydrogen-bond donors (Lipinski definition) is 1. The molecule has 0 atom stereocenters. The van der Waals surface area contributed by atoms with Gasteiger partial charge in [0.15, 0.2) is 0 Å². The quantitative estimate of drug-likeness (QED) is 0.829. The molecule has 0 saturated carbocycles. The Morgan fingerprint density at radius 3 is 2.63 bits per heavy atom. The van der Waals surface area contributed by atoms with Gasteiger partial charge in [-0.3, -0.25) is 4.79 Å². The first-order valence-electron chi connectivity index (χ1n) is 6.56. The van der Waals surface area contributed by atoms with Crippen molar-refractivity contribution in [1.29, 1.82) is 0 Å². The Kier molecular flexibility index (Phi) is 5.63. The number of rotatable bonds is 5. The second kappa shape index (κ2) is 7.48. The predicted octanol–water partition coefficient (Wildman–Crippen LogP) is 1.33. The predicted molar refractivity (Wildman–Crippen MR) is 75.4 cm³/mol. The monoisotopic (exact) mass is 282 g/mol. The van der Waals surface area contributed by atoms with Crippen LogP contribution in [0.15, 0.2) is 24.3 Å². The average molecular weight is 283 g/mol. The smallest absolute Gasteiger partial charge is 0.236 e. The third-order valence-corrected chi connectivity index (χ3v) is 3.40. The lowest BCUT2D eigenvalue weighted by molar-refractivity contribution is -0.134. The van der Waals surface area contributed by atoms with Gasteiger partial charge in [-0.05, 0) is 30.7 Å². The lowest BCUT2D eigenvalue weighted by atomic mass is 10.1. The van der Waals surface area contributed by atoms with Crippen molar-refractivity contribution in [3.05, 3.63) is 34.9 Å². The van der Waals surface area contributed by atoms with Gasteiger partial charge >= 0.3 is 0 Å². The van der Waals surface area contributed by atoms with Crippen LogP contribution in [0, 0.1) is 0 Å². The molecule has 0 bridgehead atoms. The molecule has 104 valence electrons. The molecule has 1 aliphatic rings. The zero-order chi connectivity index (χ0) is 13.5. The number of morpholine rings is 1. The molecule has 1 heterocycles. The van der Waals surface area contributed by atoms with Gasteiger partial charge in [0.25, 0.3) is 0 Å². The highest BCUT2D eigenvalue weighted by Gasteiger charge is 2.15. The fraction of sp³-hybridized carbons (Fsp3) is 0.500. The minimum atomic E-state index is 0.152. The fourth-order valence-electron chi connectivity index (χ4n) is 2.00. The molecule has 2 rings (SSSR count). The van der Waals surface area contributed by atoms with Crippen LogP contribution >= 0.6 is 11.6 Å². The highest BCUT2D eigenvalue weighted by Crippen LogP contribution is 2.09. The topological polar surface area (TPSA) is 41.6 Å². The molecule has 0 aromatic heterocycles. The van der Waals surface area contributed by atoms with Gasteiger partial charge in [-0.1, -0.05) is 23.7 Å². The van der Waals surface area contributed by atoms with Crippen LogP contribution in [-0.4, -0.2) is 50.2 Å². The average Bonchev–Trinajstić information content (AvgIpc) is 2.46. The molecule has 19 heavy (non-hydrogen) atoms. The Morgan fingerprint density at radius 2 is 1.95 bits per heavy atom. The van der Waals surface area contributed by atoms with E-state index in [0.717, 1.165) is 18.0 Å². The highest BCUT2D eigenvalue weighted by atomic mass is 35.5. The highest BCUT2D eigenvalue weighted by molar-refractivity contribution is 6.30. The van der Waals surface area contributed by atoms with Crippen LogP contribution in [0.3, 0.4) is 0 Å².